The number of para-hydroxylation sites is 1. The van der Waals surface area contributed by atoms with Gasteiger partial charge in [-0.15, -0.1) is 5.10 Å². The highest BCUT2D eigenvalue weighted by molar-refractivity contribution is 8.00. The lowest BCUT2D eigenvalue weighted by Crippen LogP contribution is -2.24. The predicted molar refractivity (Wildman–Crippen MR) is 76.3 cm³/mol. The second-order valence-corrected chi connectivity index (χ2v) is 6.02. The van der Waals surface area contributed by atoms with E-state index in [0.29, 0.717) is 6.54 Å². The van der Waals surface area contributed by atoms with Gasteiger partial charge < -0.3 is 5.32 Å². The van der Waals surface area contributed by atoms with Crippen LogP contribution in [0.3, 0.4) is 0 Å². The highest BCUT2D eigenvalue weighted by Gasteiger charge is 2.15. The fraction of sp³-hybridized carbons (Fsp3) is 0.462. The molecule has 19 heavy (non-hydrogen) atoms. The largest absolute Gasteiger partial charge is 0.309 e. The van der Waals surface area contributed by atoms with Crippen molar-refractivity contribution in [3.8, 4) is 5.69 Å². The van der Waals surface area contributed by atoms with Crippen LogP contribution in [0.1, 0.15) is 18.7 Å². The first kappa shape index (κ1) is 12.6. The number of hydrogen-bond acceptors (Lipinski definition) is 5. The number of rotatable bonds is 5. The Balaban J connectivity index is 1.61. The summed E-state index contributed by atoms with van der Waals surface area (Å²) < 4.78 is 1.79. The number of aromatic nitrogens is 4. The number of nitrogens with zero attached hydrogens (tertiary/aromatic N) is 4. The number of thioether (sulfide) groups is 1. The van der Waals surface area contributed by atoms with Crippen LogP contribution in [0.2, 0.25) is 0 Å². The van der Waals surface area contributed by atoms with Gasteiger partial charge in [0.15, 0.2) is 5.82 Å². The summed E-state index contributed by atoms with van der Waals surface area (Å²) in [5.74, 6) is 2.16. The molecule has 0 saturated carbocycles. The first-order valence-electron chi connectivity index (χ1n) is 6.58. The van der Waals surface area contributed by atoms with Crippen molar-refractivity contribution in [2.75, 3.05) is 12.3 Å². The van der Waals surface area contributed by atoms with Gasteiger partial charge >= 0.3 is 0 Å². The van der Waals surface area contributed by atoms with E-state index in [-0.39, 0.29) is 0 Å². The van der Waals surface area contributed by atoms with Gasteiger partial charge in [-0.05, 0) is 41.2 Å². The van der Waals surface area contributed by atoms with Crippen LogP contribution in [0, 0.1) is 0 Å². The Morgan fingerprint density at radius 2 is 2.21 bits per heavy atom. The van der Waals surface area contributed by atoms with Crippen LogP contribution in [-0.2, 0) is 6.54 Å². The summed E-state index contributed by atoms with van der Waals surface area (Å²) in [5, 5.41) is 16.1. The molecular formula is C13H17N5S. The van der Waals surface area contributed by atoms with Crippen molar-refractivity contribution >= 4 is 11.8 Å². The molecule has 100 valence electrons. The van der Waals surface area contributed by atoms with E-state index in [2.05, 4.69) is 32.6 Å². The molecule has 1 aromatic carbocycles. The Morgan fingerprint density at radius 3 is 3.00 bits per heavy atom. The van der Waals surface area contributed by atoms with Crippen molar-refractivity contribution in [2.45, 2.75) is 24.6 Å². The predicted octanol–water partition coefficient (Wildman–Crippen LogP) is 1.65. The molecule has 1 aromatic heterocycles. The smallest absolute Gasteiger partial charge is 0.170 e. The van der Waals surface area contributed by atoms with Crippen molar-refractivity contribution < 1.29 is 0 Å². The number of tetrazole rings is 1. The zero-order valence-electron chi connectivity index (χ0n) is 10.7. The van der Waals surface area contributed by atoms with Crippen LogP contribution in [0.25, 0.3) is 5.69 Å². The Labute approximate surface area is 116 Å². The van der Waals surface area contributed by atoms with E-state index in [1.54, 1.807) is 4.68 Å². The van der Waals surface area contributed by atoms with E-state index >= 15 is 0 Å². The van der Waals surface area contributed by atoms with E-state index in [1.807, 2.05) is 30.3 Å². The van der Waals surface area contributed by atoms with Crippen LogP contribution < -0.4 is 5.32 Å². The summed E-state index contributed by atoms with van der Waals surface area (Å²) in [6.45, 7) is 1.74. The third-order valence-corrected chi connectivity index (χ3v) is 4.61. The third-order valence-electron chi connectivity index (χ3n) is 3.21. The molecule has 2 aromatic rings. The van der Waals surface area contributed by atoms with Crippen molar-refractivity contribution in [1.29, 1.82) is 0 Å². The van der Waals surface area contributed by atoms with Gasteiger partial charge in [-0.1, -0.05) is 18.2 Å². The van der Waals surface area contributed by atoms with Gasteiger partial charge in [0.1, 0.15) is 0 Å². The summed E-state index contributed by atoms with van der Waals surface area (Å²) in [7, 11) is 0. The average molecular weight is 275 g/mol. The first-order chi connectivity index (χ1) is 9.43. The van der Waals surface area contributed by atoms with E-state index < -0.39 is 0 Å². The Bertz CT molecular complexity index is 507. The van der Waals surface area contributed by atoms with E-state index in [9.17, 15) is 0 Å². The topological polar surface area (TPSA) is 55.6 Å². The summed E-state index contributed by atoms with van der Waals surface area (Å²) >= 11 is 2.06. The molecular weight excluding hydrogens is 258 g/mol. The molecule has 1 atom stereocenters. The lowest BCUT2D eigenvalue weighted by atomic mass is 10.2. The van der Waals surface area contributed by atoms with Gasteiger partial charge in [-0.25, -0.2) is 0 Å². The number of hydrogen-bond donors (Lipinski definition) is 1. The minimum Gasteiger partial charge on any atom is -0.309 e. The molecule has 6 heteroatoms. The third kappa shape index (κ3) is 3.13. The van der Waals surface area contributed by atoms with Crippen molar-refractivity contribution in [1.82, 2.24) is 25.5 Å². The summed E-state index contributed by atoms with van der Waals surface area (Å²) in [4.78, 5) is 0. The van der Waals surface area contributed by atoms with Crippen LogP contribution in [0.15, 0.2) is 30.3 Å². The van der Waals surface area contributed by atoms with Crippen LogP contribution in [0.4, 0.5) is 0 Å². The van der Waals surface area contributed by atoms with Gasteiger partial charge in [0.2, 0.25) is 0 Å². The van der Waals surface area contributed by atoms with Gasteiger partial charge in [0, 0.05) is 11.8 Å². The fourth-order valence-corrected chi connectivity index (χ4v) is 3.47. The molecule has 2 heterocycles. The Morgan fingerprint density at radius 1 is 1.32 bits per heavy atom. The summed E-state index contributed by atoms with van der Waals surface area (Å²) in [5.41, 5.74) is 1.000. The molecule has 1 unspecified atom stereocenters. The Hall–Kier alpha value is -1.40. The second kappa shape index (κ2) is 6.16. The minimum atomic E-state index is 0.707. The molecule has 1 N–H and O–H groups in total. The number of nitrogens with one attached hydrogen (secondary N) is 1. The maximum Gasteiger partial charge on any atom is 0.170 e. The molecule has 0 spiro atoms. The van der Waals surface area contributed by atoms with E-state index in [1.165, 1.54) is 18.6 Å². The maximum atomic E-state index is 4.09. The molecule has 1 fully saturated rings. The van der Waals surface area contributed by atoms with E-state index in [0.717, 1.165) is 23.3 Å². The SMILES string of the molecule is c1ccc(-n2nnnc2CNCC2CCCS2)cc1. The van der Waals surface area contributed by atoms with Gasteiger partial charge in [0.05, 0.1) is 12.2 Å². The molecule has 1 aliphatic rings. The van der Waals surface area contributed by atoms with Gasteiger partial charge in [-0.2, -0.15) is 16.4 Å². The lowest BCUT2D eigenvalue weighted by Gasteiger charge is -2.09. The minimum absolute atomic E-state index is 0.707. The first-order valence-corrected chi connectivity index (χ1v) is 7.63. The normalized spacial score (nSPS) is 18.8. The molecule has 0 bridgehead atoms. The summed E-state index contributed by atoms with van der Waals surface area (Å²) in [6.07, 6.45) is 2.67. The molecule has 0 amide bonds. The molecule has 0 radical (unpaired) electrons. The second-order valence-electron chi connectivity index (χ2n) is 4.61. The molecule has 3 rings (SSSR count). The van der Waals surface area contributed by atoms with Crippen molar-refractivity contribution in [3.63, 3.8) is 0 Å². The van der Waals surface area contributed by atoms with Crippen molar-refractivity contribution in [2.24, 2.45) is 0 Å². The average Bonchev–Trinajstić information content (AvgIpc) is 3.11. The molecule has 1 aliphatic heterocycles. The molecule has 1 saturated heterocycles. The zero-order chi connectivity index (χ0) is 12.9. The standard InChI is InChI=1S/C13H17N5S/c1-2-5-11(6-3-1)18-13(15-16-17-18)10-14-9-12-7-4-8-19-12/h1-3,5-6,12,14H,4,7-10H2. The molecule has 5 nitrogen and oxygen atoms in total. The summed E-state index contributed by atoms with van der Waals surface area (Å²) in [6, 6.07) is 9.98. The quantitative estimate of drug-likeness (QED) is 0.899. The monoisotopic (exact) mass is 275 g/mol. The van der Waals surface area contributed by atoms with Crippen LogP contribution in [-0.4, -0.2) is 37.8 Å². The van der Waals surface area contributed by atoms with Gasteiger partial charge in [0.25, 0.3) is 0 Å². The highest BCUT2D eigenvalue weighted by atomic mass is 32.2. The fourth-order valence-electron chi connectivity index (χ4n) is 2.24. The molecule has 0 aliphatic carbocycles. The van der Waals surface area contributed by atoms with Crippen molar-refractivity contribution in [3.05, 3.63) is 36.2 Å². The highest BCUT2D eigenvalue weighted by Crippen LogP contribution is 2.25. The zero-order valence-corrected chi connectivity index (χ0v) is 11.5. The van der Waals surface area contributed by atoms with Crippen LogP contribution >= 0.6 is 11.8 Å². The van der Waals surface area contributed by atoms with Crippen LogP contribution in [0.5, 0.6) is 0 Å². The van der Waals surface area contributed by atoms with E-state index in [4.69, 9.17) is 0 Å². The maximum absolute atomic E-state index is 4.09. The number of benzene rings is 1. The lowest BCUT2D eigenvalue weighted by molar-refractivity contribution is 0.615. The Kier molecular flexibility index (Phi) is 4.10. The van der Waals surface area contributed by atoms with Gasteiger partial charge in [-0.3, -0.25) is 0 Å².